The lowest BCUT2D eigenvalue weighted by molar-refractivity contribution is 0.707. The van der Waals surface area contributed by atoms with Crippen molar-refractivity contribution in [3.63, 3.8) is 0 Å². The summed E-state index contributed by atoms with van der Waals surface area (Å²) in [6, 6.07) is 0. The summed E-state index contributed by atoms with van der Waals surface area (Å²) >= 11 is 0. The molecule has 0 aromatic carbocycles. The van der Waals surface area contributed by atoms with Gasteiger partial charge in [0.05, 0.1) is 12.0 Å². The molecule has 0 amide bonds. The Kier molecular flexibility index (Phi) is 4.26. The van der Waals surface area contributed by atoms with E-state index in [0.29, 0.717) is 0 Å². The maximum atomic E-state index is 4.30. The van der Waals surface area contributed by atoms with Crippen LogP contribution in [-0.4, -0.2) is 23.1 Å². The van der Waals surface area contributed by atoms with Crippen molar-refractivity contribution in [3.8, 4) is 0 Å². The zero-order valence-corrected chi connectivity index (χ0v) is 8.16. The van der Waals surface area contributed by atoms with Crippen molar-refractivity contribution in [1.82, 2.24) is 14.9 Å². The third-order valence-corrected chi connectivity index (χ3v) is 1.91. The molecule has 72 valence electrons. The minimum absolute atomic E-state index is 0.982. The van der Waals surface area contributed by atoms with Gasteiger partial charge in [0.15, 0.2) is 0 Å². The fourth-order valence-corrected chi connectivity index (χ4v) is 1.15. The molecule has 3 heteroatoms. The number of hydrogen-bond donors (Lipinski definition) is 1. The number of nitrogens with one attached hydrogen (secondary N) is 1. The molecule has 0 radical (unpaired) electrons. The average Bonchev–Trinajstić information content (AvgIpc) is 2.59. The van der Waals surface area contributed by atoms with Crippen molar-refractivity contribution < 1.29 is 0 Å². The van der Waals surface area contributed by atoms with E-state index in [1.807, 2.05) is 19.5 Å². The van der Waals surface area contributed by atoms with E-state index >= 15 is 0 Å². The van der Waals surface area contributed by atoms with E-state index in [1.165, 1.54) is 0 Å². The third-order valence-electron chi connectivity index (χ3n) is 1.91. The second kappa shape index (κ2) is 5.54. The molecule has 13 heavy (non-hydrogen) atoms. The largest absolute Gasteiger partial charge is 0.337 e. The third kappa shape index (κ3) is 3.42. The second-order valence-electron chi connectivity index (χ2n) is 3.03. The first-order valence-electron chi connectivity index (χ1n) is 4.63. The summed E-state index contributed by atoms with van der Waals surface area (Å²) in [5.74, 6) is 0. The van der Waals surface area contributed by atoms with Gasteiger partial charge in [-0.05, 0) is 13.5 Å². The molecule has 0 bridgehead atoms. The van der Waals surface area contributed by atoms with E-state index in [2.05, 4.69) is 27.6 Å². The van der Waals surface area contributed by atoms with E-state index in [9.17, 15) is 0 Å². The van der Waals surface area contributed by atoms with Gasteiger partial charge >= 0.3 is 0 Å². The van der Waals surface area contributed by atoms with Crippen LogP contribution < -0.4 is 5.32 Å². The lowest BCUT2D eigenvalue weighted by Crippen LogP contribution is -2.10. The minimum atomic E-state index is 0.982. The number of aryl methyl sites for hydroxylation is 1. The molecule has 0 unspecified atom stereocenters. The van der Waals surface area contributed by atoms with E-state index in [4.69, 9.17) is 0 Å². The smallest absolute Gasteiger partial charge is 0.0949 e. The number of nitrogens with zero attached hydrogens (tertiary/aromatic N) is 2. The van der Waals surface area contributed by atoms with E-state index in [1.54, 1.807) is 0 Å². The normalized spacial score (nSPS) is 10.2. The number of allylic oxidation sites excluding steroid dienone is 1. The van der Waals surface area contributed by atoms with E-state index < -0.39 is 0 Å². The standard InChI is InChI=1S/C10H17N3/c1-3-4-7-13-8-10(12-9-13)5-6-11-2/h3,8-9,11H,1,4-7H2,2H3. The Morgan fingerprint density at radius 3 is 3.23 bits per heavy atom. The second-order valence-corrected chi connectivity index (χ2v) is 3.03. The zero-order valence-electron chi connectivity index (χ0n) is 8.16. The van der Waals surface area contributed by atoms with Crippen LogP contribution in [-0.2, 0) is 13.0 Å². The Hall–Kier alpha value is -1.09. The Bertz CT molecular complexity index is 252. The quantitative estimate of drug-likeness (QED) is 0.665. The molecule has 0 aliphatic rings. The van der Waals surface area contributed by atoms with Gasteiger partial charge in [-0.1, -0.05) is 6.08 Å². The van der Waals surface area contributed by atoms with Gasteiger partial charge in [0.25, 0.3) is 0 Å². The van der Waals surface area contributed by atoms with Crippen molar-refractivity contribution in [2.45, 2.75) is 19.4 Å². The van der Waals surface area contributed by atoms with Gasteiger partial charge < -0.3 is 9.88 Å². The van der Waals surface area contributed by atoms with Crippen LogP contribution in [0.2, 0.25) is 0 Å². The predicted octanol–water partition coefficient (Wildman–Crippen LogP) is 1.22. The monoisotopic (exact) mass is 179 g/mol. The zero-order chi connectivity index (χ0) is 9.52. The highest BCUT2D eigenvalue weighted by Crippen LogP contribution is 1.98. The molecule has 1 aromatic rings. The summed E-state index contributed by atoms with van der Waals surface area (Å²) in [5.41, 5.74) is 1.15. The van der Waals surface area contributed by atoms with E-state index in [-0.39, 0.29) is 0 Å². The first kappa shape index (κ1) is 9.99. The van der Waals surface area contributed by atoms with Gasteiger partial charge in [-0.15, -0.1) is 6.58 Å². The van der Waals surface area contributed by atoms with Crippen LogP contribution in [0.1, 0.15) is 12.1 Å². The summed E-state index contributed by atoms with van der Waals surface area (Å²) in [7, 11) is 1.95. The topological polar surface area (TPSA) is 29.9 Å². The van der Waals surface area contributed by atoms with Gasteiger partial charge in [0, 0.05) is 25.7 Å². The summed E-state index contributed by atoms with van der Waals surface area (Å²) in [6.45, 7) is 5.66. The first-order valence-corrected chi connectivity index (χ1v) is 4.63. The van der Waals surface area contributed by atoms with Crippen molar-refractivity contribution in [2.75, 3.05) is 13.6 Å². The molecule has 1 rings (SSSR count). The molecule has 3 nitrogen and oxygen atoms in total. The molecule has 0 saturated carbocycles. The highest BCUT2D eigenvalue weighted by atomic mass is 15.0. The maximum Gasteiger partial charge on any atom is 0.0949 e. The number of rotatable bonds is 6. The number of aromatic nitrogens is 2. The molecular weight excluding hydrogens is 162 g/mol. The van der Waals surface area contributed by atoms with Gasteiger partial charge in [-0.3, -0.25) is 0 Å². The van der Waals surface area contributed by atoms with Crippen LogP contribution in [0.4, 0.5) is 0 Å². The first-order chi connectivity index (χ1) is 6.36. The molecule has 0 aliphatic heterocycles. The Labute approximate surface area is 79.5 Å². The molecule has 0 saturated heterocycles. The Balaban J connectivity index is 2.38. The fraction of sp³-hybridized carbons (Fsp3) is 0.500. The maximum absolute atomic E-state index is 4.30. The van der Waals surface area contributed by atoms with Crippen molar-refractivity contribution in [2.24, 2.45) is 0 Å². The fourth-order valence-electron chi connectivity index (χ4n) is 1.15. The molecular formula is C10H17N3. The average molecular weight is 179 g/mol. The Morgan fingerprint density at radius 1 is 1.69 bits per heavy atom. The minimum Gasteiger partial charge on any atom is -0.337 e. The van der Waals surface area contributed by atoms with E-state index in [0.717, 1.165) is 31.6 Å². The number of hydrogen-bond acceptors (Lipinski definition) is 2. The van der Waals surface area contributed by atoms with Gasteiger partial charge in [-0.25, -0.2) is 4.98 Å². The molecule has 1 N–H and O–H groups in total. The summed E-state index contributed by atoms with van der Waals surface area (Å²) < 4.78 is 2.10. The SMILES string of the molecule is C=CCCn1cnc(CCNC)c1. The van der Waals surface area contributed by atoms with Crippen LogP contribution in [0.5, 0.6) is 0 Å². The highest BCUT2D eigenvalue weighted by molar-refractivity contribution is 4.97. The van der Waals surface area contributed by atoms with Crippen molar-refractivity contribution >= 4 is 0 Å². The van der Waals surface area contributed by atoms with Crippen LogP contribution in [0, 0.1) is 0 Å². The lowest BCUT2D eigenvalue weighted by atomic mass is 10.3. The molecule has 1 aromatic heterocycles. The molecule has 0 atom stereocenters. The van der Waals surface area contributed by atoms with Crippen LogP contribution >= 0.6 is 0 Å². The Morgan fingerprint density at radius 2 is 2.54 bits per heavy atom. The van der Waals surface area contributed by atoms with Crippen LogP contribution in [0.15, 0.2) is 25.2 Å². The molecule has 0 spiro atoms. The number of imidazole rings is 1. The molecule has 1 heterocycles. The summed E-state index contributed by atoms with van der Waals surface area (Å²) in [4.78, 5) is 4.30. The summed E-state index contributed by atoms with van der Waals surface area (Å²) in [5, 5.41) is 3.10. The summed E-state index contributed by atoms with van der Waals surface area (Å²) in [6.07, 6.45) is 7.90. The van der Waals surface area contributed by atoms with Gasteiger partial charge in [-0.2, -0.15) is 0 Å². The van der Waals surface area contributed by atoms with Crippen molar-refractivity contribution in [3.05, 3.63) is 30.9 Å². The van der Waals surface area contributed by atoms with Crippen LogP contribution in [0.25, 0.3) is 0 Å². The van der Waals surface area contributed by atoms with Gasteiger partial charge in [0.1, 0.15) is 0 Å². The molecule has 0 aliphatic carbocycles. The molecule has 0 fully saturated rings. The number of likely N-dealkylation sites (N-methyl/N-ethyl adjacent to an activating group) is 1. The van der Waals surface area contributed by atoms with Crippen LogP contribution in [0.3, 0.4) is 0 Å². The van der Waals surface area contributed by atoms with Gasteiger partial charge in [0.2, 0.25) is 0 Å². The predicted molar refractivity (Wildman–Crippen MR) is 54.7 cm³/mol. The van der Waals surface area contributed by atoms with Crippen molar-refractivity contribution in [1.29, 1.82) is 0 Å². The lowest BCUT2D eigenvalue weighted by Gasteiger charge is -1.96. The highest BCUT2D eigenvalue weighted by Gasteiger charge is 1.96.